The predicted molar refractivity (Wildman–Crippen MR) is 159 cm³/mol. The van der Waals surface area contributed by atoms with E-state index in [1.54, 1.807) is 31.2 Å². The van der Waals surface area contributed by atoms with Gasteiger partial charge in [-0.15, -0.1) is 0 Å². The van der Waals surface area contributed by atoms with Crippen molar-refractivity contribution in [3.8, 4) is 0 Å². The summed E-state index contributed by atoms with van der Waals surface area (Å²) in [4.78, 5) is 44.5. The average Bonchev–Trinajstić information content (AvgIpc) is 2.90. The van der Waals surface area contributed by atoms with Crippen LogP contribution in [0.15, 0.2) is 52.2 Å². The summed E-state index contributed by atoms with van der Waals surface area (Å²) in [5.74, 6) is -0.543. The van der Waals surface area contributed by atoms with Crippen molar-refractivity contribution in [3.05, 3.63) is 63.9 Å². The Bertz CT molecular complexity index is 1690. The highest BCUT2D eigenvalue weighted by molar-refractivity contribution is 7.87. The first-order valence-corrected chi connectivity index (χ1v) is 15.1. The topological polar surface area (TPSA) is 150 Å². The number of anilines is 2. The molecule has 2 aromatic carbocycles. The van der Waals surface area contributed by atoms with E-state index in [4.69, 9.17) is 8.92 Å². The lowest BCUT2D eigenvalue weighted by Gasteiger charge is -2.44. The highest BCUT2D eigenvalue weighted by Gasteiger charge is 2.39. The number of hydrogen-bond acceptors (Lipinski definition) is 9. The van der Waals surface area contributed by atoms with Crippen molar-refractivity contribution in [1.29, 1.82) is 0 Å². The first kappa shape index (κ1) is 29.5. The molecule has 0 unspecified atom stereocenters. The zero-order valence-electron chi connectivity index (χ0n) is 24.0. The summed E-state index contributed by atoms with van der Waals surface area (Å²) in [5.41, 5.74) is 1.57. The van der Waals surface area contributed by atoms with E-state index in [0.29, 0.717) is 56.3 Å². The fraction of sp³-hybridized carbons (Fsp3) is 0.414. The number of aromatic amines is 1. The van der Waals surface area contributed by atoms with E-state index >= 15 is 0 Å². The first-order chi connectivity index (χ1) is 19.8. The number of rotatable bonds is 6. The Morgan fingerprint density at radius 1 is 1.07 bits per heavy atom. The summed E-state index contributed by atoms with van der Waals surface area (Å²) in [6.07, 6.45) is -0.971. The van der Waals surface area contributed by atoms with E-state index in [0.717, 1.165) is 10.9 Å². The molecule has 0 bridgehead atoms. The molecule has 224 valence electrons. The van der Waals surface area contributed by atoms with Gasteiger partial charge in [0.15, 0.2) is 0 Å². The zero-order chi connectivity index (χ0) is 30.2. The second-order valence-electron chi connectivity index (χ2n) is 11.5. The van der Waals surface area contributed by atoms with Crippen molar-refractivity contribution in [2.45, 2.75) is 44.2 Å². The molecule has 2 fully saturated rings. The van der Waals surface area contributed by atoms with E-state index in [1.165, 1.54) is 23.1 Å². The lowest BCUT2D eigenvalue weighted by atomic mass is 10.0. The van der Waals surface area contributed by atoms with Crippen molar-refractivity contribution in [1.82, 2.24) is 15.2 Å². The van der Waals surface area contributed by atoms with Crippen LogP contribution in [0.3, 0.4) is 0 Å². The maximum atomic E-state index is 13.7. The van der Waals surface area contributed by atoms with Crippen LogP contribution < -0.4 is 21.1 Å². The molecular formula is C29H35N5O7S. The third kappa shape index (κ3) is 6.13. The summed E-state index contributed by atoms with van der Waals surface area (Å²) in [5, 5.41) is 6.69. The number of fused-ring (bicyclic) bond motifs is 1. The lowest BCUT2D eigenvalue weighted by molar-refractivity contribution is 0.0579. The van der Waals surface area contributed by atoms with Gasteiger partial charge in [0.25, 0.3) is 5.91 Å². The summed E-state index contributed by atoms with van der Waals surface area (Å²) in [6, 6.07) is 10.5. The molecule has 12 nitrogen and oxygen atoms in total. The van der Waals surface area contributed by atoms with Gasteiger partial charge >= 0.3 is 16.2 Å². The molecular weight excluding hydrogens is 562 g/mol. The predicted octanol–water partition coefficient (Wildman–Crippen LogP) is 2.82. The number of morpholine rings is 1. The number of H-pyrrole nitrogens is 1. The molecule has 0 spiro atoms. The highest BCUT2D eigenvalue weighted by Crippen LogP contribution is 2.29. The van der Waals surface area contributed by atoms with Gasteiger partial charge in [-0.1, -0.05) is 0 Å². The minimum absolute atomic E-state index is 0.100. The minimum atomic E-state index is -4.57. The van der Waals surface area contributed by atoms with Crippen LogP contribution in [-0.4, -0.2) is 81.3 Å². The molecule has 3 N–H and O–H groups in total. The van der Waals surface area contributed by atoms with E-state index < -0.39 is 27.7 Å². The number of benzene rings is 2. The van der Waals surface area contributed by atoms with Crippen molar-refractivity contribution in [3.63, 3.8) is 0 Å². The molecule has 1 aromatic heterocycles. The Morgan fingerprint density at radius 2 is 1.79 bits per heavy atom. The van der Waals surface area contributed by atoms with Gasteiger partial charge in [-0.2, -0.15) is 8.42 Å². The highest BCUT2D eigenvalue weighted by atomic mass is 32.2. The zero-order valence-corrected chi connectivity index (χ0v) is 24.8. The molecule has 2 saturated heterocycles. The molecule has 5 rings (SSSR count). The smallest absolute Gasteiger partial charge is 0.378 e. The van der Waals surface area contributed by atoms with Crippen molar-refractivity contribution in [2.75, 3.05) is 49.6 Å². The molecule has 3 aromatic rings. The fourth-order valence-corrected chi connectivity index (χ4v) is 6.10. The number of aromatic nitrogens is 1. The minimum Gasteiger partial charge on any atom is -0.378 e. The van der Waals surface area contributed by atoms with Crippen molar-refractivity contribution < 1.29 is 26.9 Å². The summed E-state index contributed by atoms with van der Waals surface area (Å²) in [6.45, 7) is 10.3. The molecule has 2 amide bonds. The van der Waals surface area contributed by atoms with E-state index in [-0.39, 0.29) is 22.1 Å². The number of carbonyl (C=O) groups excluding carboxylic acids is 2. The molecule has 0 radical (unpaired) electrons. The number of nitrogens with zero attached hydrogens (tertiary/aromatic N) is 2. The van der Waals surface area contributed by atoms with Crippen molar-refractivity contribution >= 4 is 44.4 Å². The van der Waals surface area contributed by atoms with Gasteiger partial charge in [0, 0.05) is 60.1 Å². The Labute approximate surface area is 244 Å². The number of aryl methyl sites for hydroxylation is 1. The standard InChI is InChI=1S/C29H35N5O7S/c1-18-13-26(35)32-24-7-5-19(14-22(18)24)31-27(36)23-15-21(6-8-25(23)33-9-11-40-12-10-33)42(38,39)41-28(37)34(29(2,3)4)20-16-30-17-20/h5-8,13-15,20,30H,9-12,16-17H2,1-4H3,(H,31,36)(H,32,35). The number of amides is 2. The molecule has 13 heteroatoms. The van der Waals surface area contributed by atoms with Crippen LogP contribution in [0.25, 0.3) is 10.9 Å². The van der Waals surface area contributed by atoms with Crippen LogP contribution in [0, 0.1) is 6.92 Å². The lowest BCUT2D eigenvalue weighted by Crippen LogP contribution is -2.64. The number of nitrogens with one attached hydrogen (secondary N) is 3. The second-order valence-corrected chi connectivity index (χ2v) is 13.0. The Balaban J connectivity index is 1.47. The van der Waals surface area contributed by atoms with Crippen LogP contribution in [0.4, 0.5) is 16.2 Å². The molecule has 0 atom stereocenters. The van der Waals surface area contributed by atoms with Gasteiger partial charge in [0.2, 0.25) is 5.56 Å². The van der Waals surface area contributed by atoms with Crippen molar-refractivity contribution in [2.24, 2.45) is 0 Å². The van der Waals surface area contributed by atoms with Gasteiger partial charge in [-0.3, -0.25) is 14.5 Å². The van der Waals surface area contributed by atoms with Crippen LogP contribution in [-0.2, 0) is 19.0 Å². The van der Waals surface area contributed by atoms with Crippen LogP contribution in [0.1, 0.15) is 36.7 Å². The third-order valence-corrected chi connectivity index (χ3v) is 8.58. The molecule has 0 aliphatic carbocycles. The van der Waals surface area contributed by atoms with Gasteiger partial charge in [0.05, 0.1) is 24.8 Å². The molecule has 0 saturated carbocycles. The SMILES string of the molecule is Cc1cc(=O)[nH]c2ccc(NC(=O)c3cc(S(=O)(=O)OC(=O)N(C4CNC4)C(C)(C)C)ccc3N3CCOCC3)cc12. The largest absolute Gasteiger partial charge is 0.426 e. The Hall–Kier alpha value is -3.94. The maximum absolute atomic E-state index is 13.7. The average molecular weight is 598 g/mol. The van der Waals surface area contributed by atoms with Crippen LogP contribution >= 0.6 is 0 Å². The van der Waals surface area contributed by atoms with Crippen LogP contribution in [0.5, 0.6) is 0 Å². The van der Waals surface area contributed by atoms with E-state index in [9.17, 15) is 22.8 Å². The fourth-order valence-electron chi connectivity index (χ4n) is 5.24. The molecule has 42 heavy (non-hydrogen) atoms. The number of hydrogen-bond donors (Lipinski definition) is 3. The molecule has 2 aliphatic rings. The summed E-state index contributed by atoms with van der Waals surface area (Å²) < 4.78 is 37.3. The monoisotopic (exact) mass is 597 g/mol. The quantitative estimate of drug-likeness (QED) is 0.365. The summed E-state index contributed by atoms with van der Waals surface area (Å²) in [7, 11) is -4.57. The Morgan fingerprint density at radius 3 is 2.43 bits per heavy atom. The summed E-state index contributed by atoms with van der Waals surface area (Å²) >= 11 is 0. The number of pyridine rings is 1. The number of ether oxygens (including phenoxy) is 1. The third-order valence-electron chi connectivity index (χ3n) is 7.39. The van der Waals surface area contributed by atoms with E-state index in [1.807, 2.05) is 25.7 Å². The molecule has 3 heterocycles. The van der Waals surface area contributed by atoms with Gasteiger partial charge in [-0.05, 0) is 69.7 Å². The van der Waals surface area contributed by atoms with E-state index in [2.05, 4.69) is 15.6 Å². The second kappa shape index (κ2) is 11.4. The van der Waals surface area contributed by atoms with Gasteiger partial charge in [0.1, 0.15) is 4.90 Å². The van der Waals surface area contributed by atoms with Gasteiger partial charge < -0.3 is 29.4 Å². The Kier molecular flexibility index (Phi) is 8.01. The maximum Gasteiger partial charge on any atom is 0.426 e. The van der Waals surface area contributed by atoms with Gasteiger partial charge in [-0.25, -0.2) is 4.79 Å². The van der Waals surface area contributed by atoms with Crippen LogP contribution in [0.2, 0.25) is 0 Å². The number of carbonyl (C=O) groups is 2. The first-order valence-electron chi connectivity index (χ1n) is 13.7. The molecule has 2 aliphatic heterocycles. The normalized spacial score (nSPS) is 16.1.